The van der Waals surface area contributed by atoms with Gasteiger partial charge in [-0.2, -0.15) is 4.39 Å². The monoisotopic (exact) mass is 352 g/mol. The highest BCUT2D eigenvalue weighted by Gasteiger charge is 2.17. The third-order valence-corrected chi connectivity index (χ3v) is 3.03. The van der Waals surface area contributed by atoms with Gasteiger partial charge >= 0.3 is 5.97 Å². The second-order valence-corrected chi connectivity index (χ2v) is 6.36. The molecule has 0 fully saturated rings. The van der Waals surface area contributed by atoms with Crippen LogP contribution in [0.25, 0.3) is 0 Å². The molecular formula is C18H25FN2O4. The number of nitrogens with one attached hydrogen (secondary N) is 1. The van der Waals surface area contributed by atoms with E-state index in [4.69, 9.17) is 10.5 Å². The van der Waals surface area contributed by atoms with Crippen LogP contribution >= 0.6 is 0 Å². The van der Waals surface area contributed by atoms with Crippen LogP contribution < -0.4 is 15.8 Å². The van der Waals surface area contributed by atoms with E-state index in [-0.39, 0.29) is 36.8 Å². The fraction of sp³-hybridized carbons (Fsp3) is 0.444. The molecule has 0 spiro atoms. The maximum atomic E-state index is 13.9. The molecular weight excluding hydrogens is 327 g/mol. The number of hydrogen-bond acceptors (Lipinski definition) is 5. The molecule has 0 aliphatic rings. The molecule has 0 radical (unpaired) electrons. The summed E-state index contributed by atoms with van der Waals surface area (Å²) in [5.41, 5.74) is 5.61. The Morgan fingerprint density at radius 2 is 1.80 bits per heavy atom. The highest BCUT2D eigenvalue weighted by Crippen LogP contribution is 2.16. The molecule has 6 nitrogen and oxygen atoms in total. The molecule has 0 heterocycles. The molecule has 3 N–H and O–H groups in total. The van der Waals surface area contributed by atoms with Crippen LogP contribution in [0.1, 0.15) is 38.1 Å². The van der Waals surface area contributed by atoms with Gasteiger partial charge in [-0.15, -0.1) is 0 Å². The minimum atomic E-state index is -1.05. The first-order chi connectivity index (χ1) is 11.7. The molecule has 0 bridgehead atoms. The Kier molecular flexibility index (Phi) is 7.57. The standard InChI is InChI=1S/C18H25FN2O4/c1-5-24-17(23)15(19)13(10-20)11-25-14-8-6-12(7-9-14)16(22)21-18(2,3)4/h6-9H,5,10-11,20H2,1-4H3,(H,21,22)/b15-13-. The predicted octanol–water partition coefficient (Wildman–Crippen LogP) is 2.34. The largest absolute Gasteiger partial charge is 0.489 e. The number of rotatable bonds is 7. The van der Waals surface area contributed by atoms with Crippen molar-refractivity contribution in [3.63, 3.8) is 0 Å². The molecule has 1 rings (SSSR count). The summed E-state index contributed by atoms with van der Waals surface area (Å²) in [5.74, 6) is -1.86. The lowest BCUT2D eigenvalue weighted by Crippen LogP contribution is -2.40. The minimum Gasteiger partial charge on any atom is -0.489 e. The van der Waals surface area contributed by atoms with Crippen molar-refractivity contribution < 1.29 is 23.5 Å². The molecule has 0 aliphatic heterocycles. The quantitative estimate of drug-likeness (QED) is 0.581. The molecule has 0 saturated carbocycles. The van der Waals surface area contributed by atoms with Crippen molar-refractivity contribution in [2.75, 3.05) is 19.8 Å². The molecule has 0 aromatic heterocycles. The van der Waals surface area contributed by atoms with E-state index in [9.17, 15) is 14.0 Å². The van der Waals surface area contributed by atoms with Crippen molar-refractivity contribution in [3.05, 3.63) is 41.2 Å². The summed E-state index contributed by atoms with van der Waals surface area (Å²) in [7, 11) is 0. The van der Waals surface area contributed by atoms with Crippen LogP contribution in [0.4, 0.5) is 4.39 Å². The summed E-state index contributed by atoms with van der Waals surface area (Å²) in [6.45, 7) is 6.97. The molecule has 0 unspecified atom stereocenters. The summed E-state index contributed by atoms with van der Waals surface area (Å²) in [6, 6.07) is 6.38. The smallest absolute Gasteiger partial charge is 0.367 e. The number of halogens is 1. The van der Waals surface area contributed by atoms with E-state index in [1.54, 1.807) is 31.2 Å². The molecule has 7 heteroatoms. The Morgan fingerprint density at radius 3 is 2.28 bits per heavy atom. The Balaban J connectivity index is 2.73. The minimum absolute atomic E-state index is 0.00741. The topological polar surface area (TPSA) is 90.7 Å². The average Bonchev–Trinajstić information content (AvgIpc) is 2.54. The van der Waals surface area contributed by atoms with Crippen LogP contribution in [0.3, 0.4) is 0 Å². The first kappa shape index (κ1) is 20.6. The number of esters is 1. The van der Waals surface area contributed by atoms with E-state index in [1.165, 1.54) is 0 Å². The summed E-state index contributed by atoms with van der Waals surface area (Å²) in [4.78, 5) is 23.4. The highest BCUT2D eigenvalue weighted by molar-refractivity contribution is 5.94. The van der Waals surface area contributed by atoms with Crippen LogP contribution in [0.5, 0.6) is 5.75 Å². The van der Waals surface area contributed by atoms with Crippen molar-refractivity contribution >= 4 is 11.9 Å². The first-order valence-electron chi connectivity index (χ1n) is 7.98. The lowest BCUT2D eigenvalue weighted by molar-refractivity contribution is -0.140. The number of amides is 1. The predicted molar refractivity (Wildman–Crippen MR) is 93.0 cm³/mol. The maximum Gasteiger partial charge on any atom is 0.367 e. The summed E-state index contributed by atoms with van der Waals surface area (Å²) in [5, 5.41) is 2.85. The van der Waals surface area contributed by atoms with Crippen molar-refractivity contribution in [2.45, 2.75) is 33.2 Å². The fourth-order valence-electron chi connectivity index (χ4n) is 1.84. The molecule has 0 atom stereocenters. The number of carbonyl (C=O) groups is 2. The normalized spacial score (nSPS) is 12.2. The summed E-state index contributed by atoms with van der Waals surface area (Å²) < 4.78 is 23.9. The van der Waals surface area contributed by atoms with Gasteiger partial charge in [0, 0.05) is 23.2 Å². The molecule has 0 saturated heterocycles. The van der Waals surface area contributed by atoms with Gasteiger partial charge in [0.1, 0.15) is 12.4 Å². The Hall–Kier alpha value is -2.41. The Bertz CT molecular complexity index is 633. The lowest BCUT2D eigenvalue weighted by Gasteiger charge is -2.20. The number of carbonyl (C=O) groups excluding carboxylic acids is 2. The molecule has 0 aliphatic carbocycles. The number of nitrogens with two attached hydrogens (primary N) is 1. The van der Waals surface area contributed by atoms with Gasteiger partial charge < -0.3 is 20.5 Å². The molecule has 1 aromatic carbocycles. The molecule has 25 heavy (non-hydrogen) atoms. The van der Waals surface area contributed by atoms with Crippen LogP contribution in [-0.2, 0) is 9.53 Å². The van der Waals surface area contributed by atoms with Gasteiger partial charge in [-0.05, 0) is 52.0 Å². The number of benzene rings is 1. The zero-order chi connectivity index (χ0) is 19.0. The van der Waals surface area contributed by atoms with E-state index in [2.05, 4.69) is 10.1 Å². The SMILES string of the molecule is CCOC(=O)/C(F)=C(\CN)COc1ccc(C(=O)NC(C)(C)C)cc1. The van der Waals surface area contributed by atoms with Crippen molar-refractivity contribution in [2.24, 2.45) is 5.73 Å². The van der Waals surface area contributed by atoms with Gasteiger partial charge in [0.15, 0.2) is 0 Å². The van der Waals surface area contributed by atoms with E-state index in [0.29, 0.717) is 11.3 Å². The second-order valence-electron chi connectivity index (χ2n) is 6.36. The third-order valence-electron chi connectivity index (χ3n) is 3.03. The van der Waals surface area contributed by atoms with Crippen LogP contribution in [-0.4, -0.2) is 37.2 Å². The average molecular weight is 352 g/mol. The summed E-state index contributed by atoms with van der Waals surface area (Å²) >= 11 is 0. The van der Waals surface area contributed by atoms with Crippen molar-refractivity contribution in [1.82, 2.24) is 5.32 Å². The zero-order valence-corrected chi connectivity index (χ0v) is 15.0. The van der Waals surface area contributed by atoms with Crippen molar-refractivity contribution in [3.8, 4) is 5.75 Å². The highest BCUT2D eigenvalue weighted by atomic mass is 19.1. The van der Waals surface area contributed by atoms with E-state index in [1.807, 2.05) is 20.8 Å². The molecule has 138 valence electrons. The lowest BCUT2D eigenvalue weighted by atomic mass is 10.1. The van der Waals surface area contributed by atoms with Gasteiger partial charge in [0.2, 0.25) is 5.83 Å². The van der Waals surface area contributed by atoms with Gasteiger partial charge in [-0.1, -0.05) is 0 Å². The van der Waals surface area contributed by atoms with Crippen LogP contribution in [0.15, 0.2) is 35.7 Å². The summed E-state index contributed by atoms with van der Waals surface area (Å²) in [6.07, 6.45) is 0. The van der Waals surface area contributed by atoms with Gasteiger partial charge in [0.25, 0.3) is 5.91 Å². The first-order valence-corrected chi connectivity index (χ1v) is 7.98. The molecule has 1 amide bonds. The van der Waals surface area contributed by atoms with E-state index in [0.717, 1.165) is 0 Å². The van der Waals surface area contributed by atoms with Gasteiger partial charge in [-0.3, -0.25) is 4.79 Å². The third kappa shape index (κ3) is 6.93. The van der Waals surface area contributed by atoms with Crippen LogP contribution in [0.2, 0.25) is 0 Å². The number of ether oxygens (including phenoxy) is 2. The zero-order valence-electron chi connectivity index (χ0n) is 15.0. The van der Waals surface area contributed by atoms with E-state index < -0.39 is 11.8 Å². The van der Waals surface area contributed by atoms with Crippen LogP contribution in [0, 0.1) is 0 Å². The Morgan fingerprint density at radius 1 is 1.20 bits per heavy atom. The number of hydrogen-bond donors (Lipinski definition) is 2. The maximum absolute atomic E-state index is 13.9. The van der Waals surface area contributed by atoms with Crippen molar-refractivity contribution in [1.29, 1.82) is 0 Å². The Labute approximate surface area is 147 Å². The van der Waals surface area contributed by atoms with Gasteiger partial charge in [0.05, 0.1) is 6.61 Å². The second kappa shape index (κ2) is 9.17. The fourth-order valence-corrected chi connectivity index (χ4v) is 1.84. The molecule has 1 aromatic rings. The van der Waals surface area contributed by atoms with E-state index >= 15 is 0 Å². The van der Waals surface area contributed by atoms with Gasteiger partial charge in [-0.25, -0.2) is 4.79 Å².